The van der Waals surface area contributed by atoms with Crippen LogP contribution >= 0.6 is 11.3 Å². The standard InChI is InChI=1S/C16H18N4O2S2/c1-8-5-12(24(17,21)22)6-13(9(8)2)20-15-14-10(3)11(4)23-16(14)19-7-18-15/h5-7H,1-4H3,(H2,17,21,22)(H,18,19,20). The topological polar surface area (TPSA) is 98.0 Å². The fourth-order valence-corrected chi connectivity index (χ4v) is 4.15. The molecule has 24 heavy (non-hydrogen) atoms. The zero-order valence-electron chi connectivity index (χ0n) is 13.8. The number of rotatable bonds is 3. The van der Waals surface area contributed by atoms with Crippen LogP contribution in [0.4, 0.5) is 11.5 Å². The summed E-state index contributed by atoms with van der Waals surface area (Å²) in [6.07, 6.45) is 1.51. The predicted octanol–water partition coefficient (Wildman–Crippen LogP) is 3.32. The number of thiophene rings is 1. The Hall–Kier alpha value is -2.03. The van der Waals surface area contributed by atoms with E-state index < -0.39 is 10.0 Å². The van der Waals surface area contributed by atoms with E-state index in [1.807, 2.05) is 27.7 Å². The van der Waals surface area contributed by atoms with Crippen LogP contribution in [0.25, 0.3) is 10.2 Å². The van der Waals surface area contributed by atoms with Crippen molar-refractivity contribution in [3.63, 3.8) is 0 Å². The highest BCUT2D eigenvalue weighted by molar-refractivity contribution is 7.89. The van der Waals surface area contributed by atoms with Gasteiger partial charge >= 0.3 is 0 Å². The molecule has 0 aliphatic rings. The first-order chi connectivity index (χ1) is 11.2. The first-order valence-electron chi connectivity index (χ1n) is 7.30. The van der Waals surface area contributed by atoms with E-state index in [-0.39, 0.29) is 4.90 Å². The summed E-state index contributed by atoms with van der Waals surface area (Å²) >= 11 is 1.61. The number of aromatic nitrogens is 2. The number of nitrogens with two attached hydrogens (primary N) is 1. The van der Waals surface area contributed by atoms with Crippen molar-refractivity contribution in [1.82, 2.24) is 9.97 Å². The van der Waals surface area contributed by atoms with Crippen LogP contribution in [0, 0.1) is 27.7 Å². The second-order valence-corrected chi connectivity index (χ2v) is 8.53. The van der Waals surface area contributed by atoms with Crippen molar-refractivity contribution in [3.05, 3.63) is 40.0 Å². The van der Waals surface area contributed by atoms with E-state index in [0.29, 0.717) is 11.5 Å². The monoisotopic (exact) mass is 362 g/mol. The summed E-state index contributed by atoms with van der Waals surface area (Å²) in [6, 6.07) is 3.12. The van der Waals surface area contributed by atoms with Crippen LogP contribution in [0.5, 0.6) is 0 Å². The molecule has 0 radical (unpaired) electrons. The number of anilines is 2. The Morgan fingerprint density at radius 2 is 1.79 bits per heavy atom. The maximum atomic E-state index is 11.7. The lowest BCUT2D eigenvalue weighted by molar-refractivity contribution is 0.597. The highest BCUT2D eigenvalue weighted by Crippen LogP contribution is 2.35. The molecule has 3 aromatic rings. The van der Waals surface area contributed by atoms with E-state index >= 15 is 0 Å². The molecule has 3 rings (SSSR count). The Kier molecular flexibility index (Phi) is 4.06. The number of fused-ring (bicyclic) bond motifs is 1. The zero-order valence-corrected chi connectivity index (χ0v) is 15.5. The van der Waals surface area contributed by atoms with Gasteiger partial charge in [0, 0.05) is 10.6 Å². The molecule has 0 atom stereocenters. The van der Waals surface area contributed by atoms with Gasteiger partial charge in [0.25, 0.3) is 0 Å². The number of benzene rings is 1. The summed E-state index contributed by atoms with van der Waals surface area (Å²) in [5.74, 6) is 0.663. The molecule has 0 bridgehead atoms. The van der Waals surface area contributed by atoms with Crippen LogP contribution in [0.1, 0.15) is 21.6 Å². The highest BCUT2D eigenvalue weighted by atomic mass is 32.2. The van der Waals surface area contributed by atoms with Gasteiger partial charge in [0.1, 0.15) is 17.0 Å². The number of aryl methyl sites for hydroxylation is 3. The van der Waals surface area contributed by atoms with Gasteiger partial charge in [0.05, 0.1) is 10.3 Å². The minimum absolute atomic E-state index is 0.0802. The third kappa shape index (κ3) is 2.88. The van der Waals surface area contributed by atoms with E-state index in [2.05, 4.69) is 15.3 Å². The summed E-state index contributed by atoms with van der Waals surface area (Å²) in [5, 5.41) is 9.49. The van der Waals surface area contributed by atoms with Gasteiger partial charge in [-0.05, 0) is 56.5 Å². The summed E-state index contributed by atoms with van der Waals surface area (Å²) in [6.45, 7) is 7.85. The van der Waals surface area contributed by atoms with Crippen LogP contribution in [0.2, 0.25) is 0 Å². The van der Waals surface area contributed by atoms with Gasteiger partial charge in [-0.2, -0.15) is 0 Å². The molecule has 8 heteroatoms. The van der Waals surface area contributed by atoms with E-state index in [1.165, 1.54) is 11.2 Å². The van der Waals surface area contributed by atoms with Crippen molar-refractivity contribution in [1.29, 1.82) is 0 Å². The average Bonchev–Trinajstić information content (AvgIpc) is 2.78. The Morgan fingerprint density at radius 3 is 2.46 bits per heavy atom. The number of hydrogen-bond donors (Lipinski definition) is 2. The number of primary sulfonamides is 1. The molecule has 0 amide bonds. The van der Waals surface area contributed by atoms with Crippen LogP contribution in [-0.4, -0.2) is 18.4 Å². The Morgan fingerprint density at radius 1 is 1.08 bits per heavy atom. The first-order valence-corrected chi connectivity index (χ1v) is 9.66. The first kappa shape index (κ1) is 16.8. The highest BCUT2D eigenvalue weighted by Gasteiger charge is 2.16. The number of hydrogen-bond acceptors (Lipinski definition) is 6. The molecule has 0 saturated heterocycles. The van der Waals surface area contributed by atoms with Gasteiger partial charge in [0.2, 0.25) is 10.0 Å². The summed E-state index contributed by atoms with van der Waals surface area (Å²) < 4.78 is 23.4. The fourth-order valence-electron chi connectivity index (χ4n) is 2.53. The lowest BCUT2D eigenvalue weighted by atomic mass is 10.1. The second-order valence-electron chi connectivity index (χ2n) is 5.77. The number of nitrogens with zero attached hydrogens (tertiary/aromatic N) is 2. The average molecular weight is 362 g/mol. The van der Waals surface area contributed by atoms with Gasteiger partial charge in [0.15, 0.2) is 0 Å². The molecule has 0 saturated carbocycles. The van der Waals surface area contributed by atoms with Crippen LogP contribution < -0.4 is 10.5 Å². The van der Waals surface area contributed by atoms with E-state index in [9.17, 15) is 8.42 Å². The molecular formula is C16H18N4O2S2. The largest absolute Gasteiger partial charge is 0.339 e. The zero-order chi connectivity index (χ0) is 17.6. The van der Waals surface area contributed by atoms with Gasteiger partial charge < -0.3 is 5.32 Å². The predicted molar refractivity (Wildman–Crippen MR) is 97.5 cm³/mol. The molecule has 2 heterocycles. The SMILES string of the molecule is Cc1cc(S(N)(=O)=O)cc(Nc2ncnc3sc(C)c(C)c23)c1C. The normalized spacial score (nSPS) is 11.9. The van der Waals surface area contributed by atoms with Crippen molar-refractivity contribution in [2.45, 2.75) is 32.6 Å². The molecule has 0 aliphatic carbocycles. The molecule has 1 aromatic carbocycles. The van der Waals surface area contributed by atoms with E-state index in [1.54, 1.807) is 23.5 Å². The molecule has 0 spiro atoms. The maximum absolute atomic E-state index is 11.7. The van der Waals surface area contributed by atoms with Crippen molar-refractivity contribution in [3.8, 4) is 0 Å². The number of nitrogens with one attached hydrogen (secondary N) is 1. The lowest BCUT2D eigenvalue weighted by Gasteiger charge is -2.14. The molecule has 2 aromatic heterocycles. The Bertz CT molecular complexity index is 1060. The summed E-state index contributed by atoms with van der Waals surface area (Å²) in [5.41, 5.74) is 3.57. The van der Waals surface area contributed by atoms with E-state index in [0.717, 1.165) is 26.9 Å². The molecule has 0 fully saturated rings. The smallest absolute Gasteiger partial charge is 0.238 e. The fraction of sp³-hybridized carbons (Fsp3) is 0.250. The maximum Gasteiger partial charge on any atom is 0.238 e. The van der Waals surface area contributed by atoms with Gasteiger partial charge in [-0.1, -0.05) is 0 Å². The molecule has 0 unspecified atom stereocenters. The molecule has 6 nitrogen and oxygen atoms in total. The second kappa shape index (κ2) is 5.80. The minimum atomic E-state index is -3.77. The van der Waals surface area contributed by atoms with Gasteiger partial charge in [-0.3, -0.25) is 0 Å². The summed E-state index contributed by atoms with van der Waals surface area (Å²) in [7, 11) is -3.77. The van der Waals surface area contributed by atoms with Crippen LogP contribution in [-0.2, 0) is 10.0 Å². The van der Waals surface area contributed by atoms with E-state index in [4.69, 9.17) is 5.14 Å². The molecule has 126 valence electrons. The van der Waals surface area contributed by atoms with Crippen molar-refractivity contribution in [2.75, 3.05) is 5.32 Å². The van der Waals surface area contributed by atoms with Crippen molar-refractivity contribution >= 4 is 43.1 Å². The van der Waals surface area contributed by atoms with Gasteiger partial charge in [-0.15, -0.1) is 11.3 Å². The lowest BCUT2D eigenvalue weighted by Crippen LogP contribution is -2.13. The Labute approximate surface area is 144 Å². The number of sulfonamides is 1. The van der Waals surface area contributed by atoms with Gasteiger partial charge in [-0.25, -0.2) is 23.5 Å². The third-order valence-electron chi connectivity index (χ3n) is 4.19. The minimum Gasteiger partial charge on any atom is -0.339 e. The summed E-state index contributed by atoms with van der Waals surface area (Å²) in [4.78, 5) is 10.8. The molecule has 0 aliphatic heterocycles. The van der Waals surface area contributed by atoms with Crippen molar-refractivity contribution in [2.24, 2.45) is 5.14 Å². The molecule has 3 N–H and O–H groups in total. The molecular weight excluding hydrogens is 344 g/mol. The quantitative estimate of drug-likeness (QED) is 0.745. The third-order valence-corrected chi connectivity index (χ3v) is 6.20. The van der Waals surface area contributed by atoms with Crippen LogP contribution in [0.3, 0.4) is 0 Å². The Balaban J connectivity index is 2.18. The van der Waals surface area contributed by atoms with Crippen molar-refractivity contribution < 1.29 is 8.42 Å². The van der Waals surface area contributed by atoms with Crippen LogP contribution in [0.15, 0.2) is 23.4 Å².